The highest BCUT2D eigenvalue weighted by atomic mass is 35.5. The van der Waals surface area contributed by atoms with Crippen molar-refractivity contribution in [2.24, 2.45) is 0 Å². The Hall–Kier alpha value is -1.80. The third-order valence-electron chi connectivity index (χ3n) is 3.49. The maximum atomic E-state index is 9.55. The van der Waals surface area contributed by atoms with Crippen LogP contribution in [0.1, 0.15) is 27.8 Å². The highest BCUT2D eigenvalue weighted by Crippen LogP contribution is 2.29. The number of hydrogen-bond donors (Lipinski definition) is 0. The zero-order chi connectivity index (χ0) is 14.7. The maximum absolute atomic E-state index is 9.55. The van der Waals surface area contributed by atoms with Crippen molar-refractivity contribution >= 4 is 16.8 Å². The van der Waals surface area contributed by atoms with E-state index in [1.165, 1.54) is 0 Å². The Morgan fingerprint density at radius 2 is 1.75 bits per heavy atom. The van der Waals surface area contributed by atoms with Gasteiger partial charge in [-0.05, 0) is 49.1 Å². The number of rotatable bonds is 4. The first-order valence-electron chi connectivity index (χ1n) is 6.50. The maximum Gasteiger partial charge on any atom is 0.418 e. The van der Waals surface area contributed by atoms with Crippen molar-refractivity contribution in [3.05, 3.63) is 64.2 Å². The molecule has 3 heteroatoms. The molecule has 0 radical (unpaired) electrons. The van der Waals surface area contributed by atoms with E-state index in [1.807, 2.05) is 57.2 Å². The van der Waals surface area contributed by atoms with Gasteiger partial charge in [0.2, 0.25) is 0 Å². The molecular formula is C17H18ClO2+. The van der Waals surface area contributed by atoms with Gasteiger partial charge in [0.15, 0.2) is 0 Å². The van der Waals surface area contributed by atoms with Gasteiger partial charge in [0, 0.05) is 11.6 Å². The number of halogens is 1. The average Bonchev–Trinajstić information content (AvgIpc) is 2.42. The number of ether oxygens (including phenoxy) is 1. The number of benzene rings is 2. The predicted molar refractivity (Wildman–Crippen MR) is 83.3 cm³/mol. The Balaban J connectivity index is 2.28. The summed E-state index contributed by atoms with van der Waals surface area (Å²) >= 11 is 5.74. The summed E-state index contributed by atoms with van der Waals surface area (Å²) in [4.78, 5) is 9.55. The molecule has 0 aliphatic carbocycles. The van der Waals surface area contributed by atoms with Crippen molar-refractivity contribution in [3.63, 3.8) is 0 Å². The lowest BCUT2D eigenvalue weighted by Gasteiger charge is -2.14. The van der Waals surface area contributed by atoms with Crippen molar-refractivity contribution < 1.29 is 9.53 Å². The quantitative estimate of drug-likeness (QED) is 0.610. The summed E-state index contributed by atoms with van der Waals surface area (Å²) < 4.78 is 5.89. The van der Waals surface area contributed by atoms with Gasteiger partial charge in [0.05, 0.1) is 5.56 Å². The van der Waals surface area contributed by atoms with Gasteiger partial charge < -0.3 is 4.74 Å². The average molecular weight is 290 g/mol. The van der Waals surface area contributed by atoms with Crippen LogP contribution in [0.2, 0.25) is 0 Å². The third-order valence-corrected chi connectivity index (χ3v) is 3.68. The van der Waals surface area contributed by atoms with Gasteiger partial charge in [-0.1, -0.05) is 30.3 Å². The molecule has 20 heavy (non-hydrogen) atoms. The van der Waals surface area contributed by atoms with Crippen LogP contribution in [0.4, 0.5) is 0 Å². The van der Waals surface area contributed by atoms with Crippen molar-refractivity contribution in [1.82, 2.24) is 0 Å². The van der Waals surface area contributed by atoms with E-state index in [2.05, 4.69) is 0 Å². The molecule has 0 unspecified atom stereocenters. The largest absolute Gasteiger partial charge is 0.489 e. The Labute approximate surface area is 124 Å². The molecule has 0 aliphatic rings. The van der Waals surface area contributed by atoms with Crippen LogP contribution >= 0.6 is 11.6 Å². The third kappa shape index (κ3) is 3.02. The molecule has 0 aromatic heterocycles. The molecule has 0 bridgehead atoms. The topological polar surface area (TPSA) is 30.6 Å². The number of aryl methyl sites for hydroxylation is 1. The highest BCUT2D eigenvalue weighted by Gasteiger charge is 2.19. The van der Waals surface area contributed by atoms with E-state index < -0.39 is 0 Å². The SMILES string of the molecule is Cc1cc(OCc2ccccc2)c(C)c(C)c1C(=[OH+])Cl. The van der Waals surface area contributed by atoms with Gasteiger partial charge in [0.25, 0.3) is 0 Å². The van der Waals surface area contributed by atoms with Gasteiger partial charge in [-0.2, -0.15) is 0 Å². The summed E-state index contributed by atoms with van der Waals surface area (Å²) in [6.45, 7) is 6.34. The summed E-state index contributed by atoms with van der Waals surface area (Å²) in [6, 6.07) is 11.9. The molecule has 2 nitrogen and oxygen atoms in total. The smallest absolute Gasteiger partial charge is 0.418 e. The Morgan fingerprint density at radius 1 is 1.10 bits per heavy atom. The molecule has 0 amide bonds. The minimum atomic E-state index is -0.169. The summed E-state index contributed by atoms with van der Waals surface area (Å²) in [7, 11) is 0. The fraction of sp³-hybridized carbons (Fsp3) is 0.235. The summed E-state index contributed by atoms with van der Waals surface area (Å²) in [5.41, 5.74) is 4.66. The molecule has 1 N–H and O–H groups in total. The molecule has 0 saturated heterocycles. The van der Waals surface area contributed by atoms with E-state index in [-0.39, 0.29) is 5.24 Å². The van der Waals surface area contributed by atoms with Crippen LogP contribution in [-0.2, 0) is 6.61 Å². The van der Waals surface area contributed by atoms with Crippen LogP contribution in [-0.4, -0.2) is 10.0 Å². The lowest BCUT2D eigenvalue weighted by atomic mass is 9.98. The second-order valence-corrected chi connectivity index (χ2v) is 5.24. The van der Waals surface area contributed by atoms with E-state index in [1.54, 1.807) is 0 Å². The first kappa shape index (κ1) is 14.6. The van der Waals surface area contributed by atoms with E-state index in [4.69, 9.17) is 16.3 Å². The standard InChI is InChI=1S/C17H17ClO2/c1-11-9-15(12(2)13(3)16(11)17(18)19)20-10-14-7-5-4-6-8-14/h4-9H,10H2,1-3H3/p+1. The van der Waals surface area contributed by atoms with Crippen molar-refractivity contribution in [1.29, 1.82) is 0 Å². The molecular weight excluding hydrogens is 272 g/mol. The fourth-order valence-corrected chi connectivity index (χ4v) is 2.54. The second-order valence-electron chi connectivity index (χ2n) is 4.88. The number of carbonyl (C=O) groups excluding carboxylic acids is 1. The van der Waals surface area contributed by atoms with Gasteiger partial charge in [-0.15, -0.1) is 0 Å². The summed E-state index contributed by atoms with van der Waals surface area (Å²) in [6.07, 6.45) is 0. The molecule has 2 aromatic carbocycles. The molecule has 0 fully saturated rings. The Morgan fingerprint density at radius 3 is 2.35 bits per heavy atom. The first-order chi connectivity index (χ1) is 9.50. The molecule has 0 spiro atoms. The molecule has 0 heterocycles. The zero-order valence-electron chi connectivity index (χ0n) is 11.9. The lowest BCUT2D eigenvalue weighted by molar-refractivity contribution is 0.303. The molecule has 2 rings (SSSR count). The number of hydrogen-bond acceptors (Lipinski definition) is 1. The van der Waals surface area contributed by atoms with Gasteiger partial charge >= 0.3 is 5.24 Å². The molecule has 0 atom stereocenters. The zero-order valence-corrected chi connectivity index (χ0v) is 12.7. The van der Waals surface area contributed by atoms with Crippen LogP contribution in [0.15, 0.2) is 36.4 Å². The van der Waals surface area contributed by atoms with Gasteiger partial charge in [0.1, 0.15) is 12.4 Å². The summed E-state index contributed by atoms with van der Waals surface area (Å²) in [5, 5.41) is -0.169. The molecule has 104 valence electrons. The van der Waals surface area contributed by atoms with Crippen LogP contribution in [0.3, 0.4) is 0 Å². The summed E-state index contributed by atoms with van der Waals surface area (Å²) in [5.74, 6) is 0.825. The Bertz CT molecular complexity index is 633. The molecule has 2 aromatic rings. The van der Waals surface area contributed by atoms with E-state index in [0.717, 1.165) is 28.0 Å². The van der Waals surface area contributed by atoms with E-state index in [0.29, 0.717) is 12.2 Å². The highest BCUT2D eigenvalue weighted by molar-refractivity contribution is 6.68. The van der Waals surface area contributed by atoms with Crippen LogP contribution < -0.4 is 4.74 Å². The van der Waals surface area contributed by atoms with Crippen molar-refractivity contribution in [2.45, 2.75) is 27.4 Å². The van der Waals surface area contributed by atoms with E-state index in [9.17, 15) is 4.79 Å². The van der Waals surface area contributed by atoms with Crippen LogP contribution in [0, 0.1) is 20.8 Å². The normalized spacial score (nSPS) is 10.4. The Kier molecular flexibility index (Phi) is 4.46. The van der Waals surface area contributed by atoms with Gasteiger partial charge in [-0.25, -0.2) is 0 Å². The first-order valence-corrected chi connectivity index (χ1v) is 6.87. The van der Waals surface area contributed by atoms with E-state index >= 15 is 0 Å². The molecule has 0 saturated carbocycles. The monoisotopic (exact) mass is 289 g/mol. The second kappa shape index (κ2) is 6.10. The van der Waals surface area contributed by atoms with Crippen molar-refractivity contribution in [3.8, 4) is 5.75 Å². The van der Waals surface area contributed by atoms with Gasteiger partial charge in [-0.3, -0.25) is 4.79 Å². The fourth-order valence-electron chi connectivity index (χ4n) is 2.25. The van der Waals surface area contributed by atoms with Crippen LogP contribution in [0.5, 0.6) is 5.75 Å². The predicted octanol–water partition coefficient (Wildman–Crippen LogP) is 4.28. The minimum Gasteiger partial charge on any atom is -0.489 e. The molecule has 0 aliphatic heterocycles. The minimum absolute atomic E-state index is 0.169. The van der Waals surface area contributed by atoms with Crippen LogP contribution in [0.25, 0.3) is 0 Å². The lowest BCUT2D eigenvalue weighted by Crippen LogP contribution is -2.05. The van der Waals surface area contributed by atoms with Crippen molar-refractivity contribution in [2.75, 3.05) is 0 Å².